The van der Waals surface area contributed by atoms with Gasteiger partial charge in [0, 0.05) is 29.4 Å². The van der Waals surface area contributed by atoms with Gasteiger partial charge in [-0.25, -0.2) is 0 Å². The van der Waals surface area contributed by atoms with Crippen molar-refractivity contribution in [2.75, 3.05) is 30.3 Å². The third-order valence-electron chi connectivity index (χ3n) is 4.18. The maximum Gasteiger partial charge on any atom is 0.253 e. The summed E-state index contributed by atoms with van der Waals surface area (Å²) in [5.74, 6) is -0.186. The van der Waals surface area contributed by atoms with Gasteiger partial charge >= 0.3 is 0 Å². The highest BCUT2D eigenvalue weighted by Crippen LogP contribution is 2.25. The first-order chi connectivity index (χ1) is 12.5. The van der Waals surface area contributed by atoms with Crippen molar-refractivity contribution in [3.05, 3.63) is 58.1 Å². The van der Waals surface area contributed by atoms with Crippen LogP contribution in [0.25, 0.3) is 0 Å². The molecular formula is C19H19Cl2N3O2. The van der Waals surface area contributed by atoms with Gasteiger partial charge in [0.2, 0.25) is 5.91 Å². The zero-order valence-corrected chi connectivity index (χ0v) is 15.6. The van der Waals surface area contributed by atoms with Crippen LogP contribution in [-0.4, -0.2) is 36.3 Å². The van der Waals surface area contributed by atoms with E-state index in [-0.39, 0.29) is 18.4 Å². The predicted octanol–water partition coefficient (Wildman–Crippen LogP) is 4.28. The molecule has 136 valence electrons. The summed E-state index contributed by atoms with van der Waals surface area (Å²) in [4.78, 5) is 26.2. The largest absolute Gasteiger partial charge is 0.376 e. The molecule has 2 aromatic carbocycles. The lowest BCUT2D eigenvalue weighted by atomic mass is 10.2. The molecule has 0 aliphatic carbocycles. The van der Waals surface area contributed by atoms with Crippen LogP contribution in [0.5, 0.6) is 0 Å². The number of anilines is 2. The molecule has 26 heavy (non-hydrogen) atoms. The van der Waals surface area contributed by atoms with E-state index in [0.717, 1.165) is 31.6 Å². The minimum Gasteiger partial charge on any atom is -0.376 e. The SMILES string of the molecule is O=C(CNc1ccc(C(=O)N2CCCC2)cc1)Nc1cc(Cl)ccc1Cl. The van der Waals surface area contributed by atoms with Crippen LogP contribution in [0, 0.1) is 0 Å². The van der Waals surface area contributed by atoms with Gasteiger partial charge in [-0.1, -0.05) is 23.2 Å². The summed E-state index contributed by atoms with van der Waals surface area (Å²) in [5.41, 5.74) is 1.89. The monoisotopic (exact) mass is 391 g/mol. The number of nitrogens with one attached hydrogen (secondary N) is 2. The Labute approximate surface area is 162 Å². The number of rotatable bonds is 5. The molecule has 1 heterocycles. The van der Waals surface area contributed by atoms with Crippen molar-refractivity contribution >= 4 is 46.4 Å². The molecule has 2 aromatic rings. The van der Waals surface area contributed by atoms with Crippen LogP contribution in [-0.2, 0) is 4.79 Å². The topological polar surface area (TPSA) is 61.4 Å². The molecule has 0 saturated carbocycles. The lowest BCUT2D eigenvalue weighted by Crippen LogP contribution is -2.27. The summed E-state index contributed by atoms with van der Waals surface area (Å²) >= 11 is 11.9. The van der Waals surface area contributed by atoms with Crippen LogP contribution >= 0.6 is 23.2 Å². The standard InChI is InChI=1S/C19H19Cl2N3O2/c20-14-5-8-16(21)17(11-14)23-18(25)12-22-15-6-3-13(4-7-15)19(26)24-9-1-2-10-24/h3-8,11,22H,1-2,9-10,12H2,(H,23,25). The van der Waals surface area contributed by atoms with Crippen molar-refractivity contribution in [3.63, 3.8) is 0 Å². The van der Waals surface area contributed by atoms with Gasteiger partial charge in [0.15, 0.2) is 0 Å². The fourth-order valence-corrected chi connectivity index (χ4v) is 3.14. The van der Waals surface area contributed by atoms with Gasteiger partial charge in [0.25, 0.3) is 5.91 Å². The number of likely N-dealkylation sites (tertiary alicyclic amines) is 1. The summed E-state index contributed by atoms with van der Waals surface area (Å²) in [5, 5.41) is 6.65. The molecule has 0 atom stereocenters. The van der Waals surface area contributed by atoms with Gasteiger partial charge in [-0.2, -0.15) is 0 Å². The van der Waals surface area contributed by atoms with Crippen LogP contribution in [0.2, 0.25) is 10.0 Å². The second kappa shape index (κ2) is 8.43. The number of carbonyl (C=O) groups is 2. The maximum atomic E-state index is 12.3. The predicted molar refractivity (Wildman–Crippen MR) is 105 cm³/mol. The molecule has 0 bridgehead atoms. The molecule has 5 nitrogen and oxygen atoms in total. The zero-order valence-electron chi connectivity index (χ0n) is 14.1. The second-order valence-corrected chi connectivity index (χ2v) is 6.95. The van der Waals surface area contributed by atoms with Crippen molar-refractivity contribution in [2.24, 2.45) is 0 Å². The molecule has 2 amide bonds. The number of hydrogen-bond donors (Lipinski definition) is 2. The van der Waals surface area contributed by atoms with E-state index >= 15 is 0 Å². The molecule has 0 radical (unpaired) electrons. The summed E-state index contributed by atoms with van der Waals surface area (Å²) < 4.78 is 0. The van der Waals surface area contributed by atoms with Gasteiger partial charge in [-0.15, -0.1) is 0 Å². The number of hydrogen-bond acceptors (Lipinski definition) is 3. The summed E-state index contributed by atoms with van der Waals surface area (Å²) in [6, 6.07) is 12.0. The number of amides is 2. The maximum absolute atomic E-state index is 12.3. The Kier molecular flexibility index (Phi) is 6.01. The summed E-state index contributed by atoms with van der Waals surface area (Å²) in [7, 11) is 0. The van der Waals surface area contributed by atoms with Crippen LogP contribution < -0.4 is 10.6 Å². The number of halogens is 2. The van der Waals surface area contributed by atoms with Gasteiger partial charge in [-0.3, -0.25) is 9.59 Å². The molecule has 2 N–H and O–H groups in total. The van der Waals surface area contributed by atoms with Gasteiger partial charge in [0.05, 0.1) is 17.3 Å². The molecule has 1 saturated heterocycles. The highest BCUT2D eigenvalue weighted by Gasteiger charge is 2.19. The Balaban J connectivity index is 1.53. The Morgan fingerprint density at radius 1 is 1.00 bits per heavy atom. The van der Waals surface area contributed by atoms with Crippen molar-refractivity contribution in [1.82, 2.24) is 4.90 Å². The Bertz CT molecular complexity index is 803. The number of benzene rings is 2. The quantitative estimate of drug-likeness (QED) is 0.799. The van der Waals surface area contributed by atoms with E-state index in [9.17, 15) is 9.59 Å². The van der Waals surface area contributed by atoms with E-state index in [1.807, 2.05) is 4.90 Å². The number of carbonyl (C=O) groups excluding carboxylic acids is 2. The fourth-order valence-electron chi connectivity index (χ4n) is 2.80. The third kappa shape index (κ3) is 4.68. The van der Waals surface area contributed by atoms with Crippen molar-refractivity contribution in [1.29, 1.82) is 0 Å². The normalized spacial score (nSPS) is 13.5. The highest BCUT2D eigenvalue weighted by atomic mass is 35.5. The average Bonchev–Trinajstić information content (AvgIpc) is 3.17. The first-order valence-corrected chi connectivity index (χ1v) is 9.16. The van der Waals surface area contributed by atoms with Gasteiger partial charge < -0.3 is 15.5 Å². The van der Waals surface area contributed by atoms with Gasteiger partial charge in [0.1, 0.15) is 0 Å². The zero-order chi connectivity index (χ0) is 18.5. The smallest absolute Gasteiger partial charge is 0.253 e. The fraction of sp³-hybridized carbons (Fsp3) is 0.263. The number of nitrogens with zero attached hydrogens (tertiary/aromatic N) is 1. The average molecular weight is 392 g/mol. The third-order valence-corrected chi connectivity index (χ3v) is 4.75. The van der Waals surface area contributed by atoms with E-state index in [0.29, 0.717) is 21.3 Å². The van der Waals surface area contributed by atoms with E-state index in [2.05, 4.69) is 10.6 Å². The highest BCUT2D eigenvalue weighted by molar-refractivity contribution is 6.35. The molecule has 1 aliphatic rings. The molecule has 3 rings (SSSR count). The van der Waals surface area contributed by atoms with Gasteiger partial charge in [-0.05, 0) is 55.3 Å². The molecule has 7 heteroatoms. The molecule has 0 aromatic heterocycles. The lowest BCUT2D eigenvalue weighted by Gasteiger charge is -2.15. The molecular weight excluding hydrogens is 373 g/mol. The summed E-state index contributed by atoms with van der Waals surface area (Å²) in [6.45, 7) is 1.72. The van der Waals surface area contributed by atoms with E-state index in [4.69, 9.17) is 23.2 Å². The van der Waals surface area contributed by atoms with Crippen LogP contribution in [0.1, 0.15) is 23.2 Å². The van der Waals surface area contributed by atoms with Crippen molar-refractivity contribution in [2.45, 2.75) is 12.8 Å². The molecule has 1 aliphatic heterocycles. The Hall–Kier alpha value is -2.24. The molecule has 0 spiro atoms. The van der Waals surface area contributed by atoms with Crippen LogP contribution in [0.3, 0.4) is 0 Å². The Morgan fingerprint density at radius 2 is 1.69 bits per heavy atom. The minimum absolute atomic E-state index is 0.0578. The van der Waals surface area contributed by atoms with E-state index < -0.39 is 0 Å². The summed E-state index contributed by atoms with van der Waals surface area (Å²) in [6.07, 6.45) is 2.13. The van der Waals surface area contributed by atoms with Crippen molar-refractivity contribution in [3.8, 4) is 0 Å². The molecule has 0 unspecified atom stereocenters. The minimum atomic E-state index is -0.244. The first kappa shape index (κ1) is 18.5. The van der Waals surface area contributed by atoms with Crippen molar-refractivity contribution < 1.29 is 9.59 Å². The Morgan fingerprint density at radius 3 is 2.38 bits per heavy atom. The first-order valence-electron chi connectivity index (χ1n) is 8.41. The second-order valence-electron chi connectivity index (χ2n) is 6.10. The lowest BCUT2D eigenvalue weighted by molar-refractivity contribution is -0.114. The van der Waals surface area contributed by atoms with Crippen LogP contribution in [0.15, 0.2) is 42.5 Å². The van der Waals surface area contributed by atoms with E-state index in [1.54, 1.807) is 42.5 Å². The van der Waals surface area contributed by atoms with E-state index in [1.165, 1.54) is 0 Å². The molecule has 1 fully saturated rings. The van der Waals surface area contributed by atoms with Crippen LogP contribution in [0.4, 0.5) is 11.4 Å².